The molecule has 0 saturated carbocycles. The molecule has 21 heavy (non-hydrogen) atoms. The second-order valence-electron chi connectivity index (χ2n) is 4.55. The maximum Gasteiger partial charge on any atom is 0.170 e. The first-order chi connectivity index (χ1) is 10.1. The standard InChI is InChI=1S/C15H22FNO4/c1-20-11-9-17(8-10-18)7-6-13(19)15-12(16)4-3-5-14(15)21-2/h3-5,18H,6-11H2,1-2H3. The first kappa shape index (κ1) is 17.6. The molecule has 0 bridgehead atoms. The van der Waals surface area contributed by atoms with Gasteiger partial charge >= 0.3 is 0 Å². The molecular formula is C15H22FNO4. The molecule has 0 amide bonds. The lowest BCUT2D eigenvalue weighted by Gasteiger charge is -2.20. The van der Waals surface area contributed by atoms with Crippen molar-refractivity contribution in [2.75, 3.05) is 47.1 Å². The highest BCUT2D eigenvalue weighted by Crippen LogP contribution is 2.22. The number of ketones is 1. The summed E-state index contributed by atoms with van der Waals surface area (Å²) in [4.78, 5) is 14.1. The topological polar surface area (TPSA) is 59.0 Å². The third-order valence-electron chi connectivity index (χ3n) is 3.16. The van der Waals surface area contributed by atoms with Crippen LogP contribution in [0.2, 0.25) is 0 Å². The smallest absolute Gasteiger partial charge is 0.170 e. The van der Waals surface area contributed by atoms with E-state index < -0.39 is 5.82 Å². The fourth-order valence-corrected chi connectivity index (χ4v) is 2.03. The molecule has 0 heterocycles. The summed E-state index contributed by atoms with van der Waals surface area (Å²) < 4.78 is 23.8. The van der Waals surface area contributed by atoms with E-state index >= 15 is 0 Å². The minimum absolute atomic E-state index is 0.000917. The first-order valence-corrected chi connectivity index (χ1v) is 6.81. The Morgan fingerprint density at radius 3 is 2.67 bits per heavy atom. The Morgan fingerprint density at radius 1 is 1.29 bits per heavy atom. The SMILES string of the molecule is COCCN(CCO)CCC(=O)c1c(F)cccc1OC. The Bertz CT molecular complexity index is 453. The van der Waals surface area contributed by atoms with Crippen molar-refractivity contribution in [3.05, 3.63) is 29.6 Å². The zero-order valence-electron chi connectivity index (χ0n) is 12.5. The van der Waals surface area contributed by atoms with Gasteiger partial charge in [0.1, 0.15) is 11.6 Å². The number of aliphatic hydroxyl groups excluding tert-OH is 1. The Kier molecular flexibility index (Phi) is 7.89. The summed E-state index contributed by atoms with van der Waals surface area (Å²) in [5.74, 6) is -0.652. The molecule has 1 aromatic carbocycles. The minimum atomic E-state index is -0.579. The molecule has 0 aliphatic rings. The summed E-state index contributed by atoms with van der Waals surface area (Å²) in [5.41, 5.74) is -0.0179. The van der Waals surface area contributed by atoms with Crippen molar-refractivity contribution in [3.8, 4) is 5.75 Å². The van der Waals surface area contributed by atoms with Gasteiger partial charge in [-0.1, -0.05) is 6.07 Å². The van der Waals surface area contributed by atoms with Crippen LogP contribution >= 0.6 is 0 Å². The molecule has 1 aromatic rings. The van der Waals surface area contributed by atoms with E-state index in [4.69, 9.17) is 14.6 Å². The molecule has 0 aromatic heterocycles. The molecule has 0 radical (unpaired) electrons. The van der Waals surface area contributed by atoms with Crippen LogP contribution in [0.1, 0.15) is 16.8 Å². The summed E-state index contributed by atoms with van der Waals surface area (Å²) in [6, 6.07) is 4.31. The number of halogens is 1. The number of Topliss-reactive ketones (excluding diaryl/α,β-unsaturated/α-hetero) is 1. The molecular weight excluding hydrogens is 277 g/mol. The number of carbonyl (C=O) groups is 1. The number of hydrogen-bond donors (Lipinski definition) is 1. The molecule has 0 saturated heterocycles. The lowest BCUT2D eigenvalue weighted by molar-refractivity contribution is 0.0926. The molecule has 0 aliphatic heterocycles. The minimum Gasteiger partial charge on any atom is -0.496 e. The van der Waals surface area contributed by atoms with Crippen molar-refractivity contribution in [1.82, 2.24) is 4.90 Å². The van der Waals surface area contributed by atoms with Crippen LogP contribution in [-0.2, 0) is 4.74 Å². The van der Waals surface area contributed by atoms with Crippen molar-refractivity contribution in [1.29, 1.82) is 0 Å². The van der Waals surface area contributed by atoms with Crippen LogP contribution in [0.5, 0.6) is 5.75 Å². The quantitative estimate of drug-likeness (QED) is 0.661. The maximum absolute atomic E-state index is 13.8. The molecule has 1 rings (SSSR count). The number of ether oxygens (including phenoxy) is 2. The van der Waals surface area contributed by atoms with Crippen LogP contribution in [-0.4, -0.2) is 62.9 Å². The van der Waals surface area contributed by atoms with E-state index in [-0.39, 0.29) is 30.1 Å². The molecule has 0 fully saturated rings. The lowest BCUT2D eigenvalue weighted by atomic mass is 10.1. The van der Waals surface area contributed by atoms with Crippen molar-refractivity contribution in [3.63, 3.8) is 0 Å². The number of hydrogen-bond acceptors (Lipinski definition) is 5. The van der Waals surface area contributed by atoms with Gasteiger partial charge in [-0.15, -0.1) is 0 Å². The van der Waals surface area contributed by atoms with Crippen LogP contribution in [0.25, 0.3) is 0 Å². The highest BCUT2D eigenvalue weighted by atomic mass is 19.1. The number of benzene rings is 1. The number of rotatable bonds is 10. The van der Waals surface area contributed by atoms with Crippen LogP contribution < -0.4 is 4.74 Å². The van der Waals surface area contributed by atoms with E-state index in [0.717, 1.165) is 0 Å². The first-order valence-electron chi connectivity index (χ1n) is 6.81. The van der Waals surface area contributed by atoms with Gasteiger partial charge in [-0.05, 0) is 12.1 Å². The zero-order valence-corrected chi connectivity index (χ0v) is 12.5. The van der Waals surface area contributed by atoms with Gasteiger partial charge in [0, 0.05) is 33.2 Å². The monoisotopic (exact) mass is 299 g/mol. The Morgan fingerprint density at radius 2 is 2.05 bits per heavy atom. The summed E-state index contributed by atoms with van der Waals surface area (Å²) in [5, 5.41) is 9.00. The molecule has 1 N–H and O–H groups in total. The van der Waals surface area contributed by atoms with Crippen LogP contribution in [0.15, 0.2) is 18.2 Å². The van der Waals surface area contributed by atoms with E-state index in [1.807, 2.05) is 4.90 Å². The van der Waals surface area contributed by atoms with Crippen molar-refractivity contribution >= 4 is 5.78 Å². The van der Waals surface area contributed by atoms with Gasteiger partial charge in [0.05, 0.1) is 25.9 Å². The number of carbonyl (C=O) groups excluding carboxylic acids is 1. The van der Waals surface area contributed by atoms with Gasteiger partial charge in [0.2, 0.25) is 0 Å². The van der Waals surface area contributed by atoms with E-state index in [1.165, 1.54) is 19.2 Å². The zero-order chi connectivity index (χ0) is 15.7. The van der Waals surface area contributed by atoms with Gasteiger partial charge in [-0.2, -0.15) is 0 Å². The molecule has 0 spiro atoms. The van der Waals surface area contributed by atoms with Gasteiger partial charge < -0.3 is 14.6 Å². The van der Waals surface area contributed by atoms with Gasteiger partial charge in [-0.3, -0.25) is 9.69 Å². The van der Waals surface area contributed by atoms with Crippen molar-refractivity contribution in [2.24, 2.45) is 0 Å². The Balaban J connectivity index is 2.67. The molecule has 6 heteroatoms. The summed E-state index contributed by atoms with van der Waals surface area (Å²) in [6.45, 7) is 2.00. The van der Waals surface area contributed by atoms with Gasteiger partial charge in [0.15, 0.2) is 5.78 Å². The van der Waals surface area contributed by atoms with E-state index in [0.29, 0.717) is 26.2 Å². The third-order valence-corrected chi connectivity index (χ3v) is 3.16. The van der Waals surface area contributed by atoms with E-state index in [9.17, 15) is 9.18 Å². The lowest BCUT2D eigenvalue weighted by Crippen LogP contribution is -2.32. The molecule has 118 valence electrons. The average Bonchev–Trinajstić information content (AvgIpc) is 2.49. The fourth-order valence-electron chi connectivity index (χ4n) is 2.03. The fraction of sp³-hybridized carbons (Fsp3) is 0.533. The highest BCUT2D eigenvalue weighted by molar-refractivity contribution is 5.99. The van der Waals surface area contributed by atoms with Crippen LogP contribution in [0, 0.1) is 5.82 Å². The Labute approximate surface area is 124 Å². The predicted octanol–water partition coefficient (Wildman–Crippen LogP) is 1.35. The summed E-state index contributed by atoms with van der Waals surface area (Å²) in [6.07, 6.45) is 0.154. The predicted molar refractivity (Wildman–Crippen MR) is 77.3 cm³/mol. The van der Waals surface area contributed by atoms with Gasteiger partial charge in [0.25, 0.3) is 0 Å². The number of methoxy groups -OCH3 is 2. The summed E-state index contributed by atoms with van der Waals surface area (Å²) >= 11 is 0. The summed E-state index contributed by atoms with van der Waals surface area (Å²) in [7, 11) is 2.99. The molecule has 0 aliphatic carbocycles. The van der Waals surface area contributed by atoms with Crippen molar-refractivity contribution in [2.45, 2.75) is 6.42 Å². The largest absolute Gasteiger partial charge is 0.496 e. The molecule has 0 unspecified atom stereocenters. The highest BCUT2D eigenvalue weighted by Gasteiger charge is 2.18. The van der Waals surface area contributed by atoms with Crippen LogP contribution in [0.4, 0.5) is 4.39 Å². The van der Waals surface area contributed by atoms with Crippen LogP contribution in [0.3, 0.4) is 0 Å². The molecule has 0 atom stereocenters. The van der Waals surface area contributed by atoms with E-state index in [2.05, 4.69) is 0 Å². The Hall–Kier alpha value is -1.50. The van der Waals surface area contributed by atoms with E-state index in [1.54, 1.807) is 13.2 Å². The number of nitrogens with zero attached hydrogens (tertiary/aromatic N) is 1. The third kappa shape index (κ3) is 5.41. The average molecular weight is 299 g/mol. The second kappa shape index (κ2) is 9.44. The second-order valence-corrected chi connectivity index (χ2v) is 4.55. The normalized spacial score (nSPS) is 10.9. The number of aliphatic hydroxyl groups is 1. The van der Waals surface area contributed by atoms with Gasteiger partial charge in [-0.25, -0.2) is 4.39 Å². The maximum atomic E-state index is 13.8. The molecule has 5 nitrogen and oxygen atoms in total. The van der Waals surface area contributed by atoms with Crippen molar-refractivity contribution < 1.29 is 23.8 Å².